The Balaban J connectivity index is 2.65. The van der Waals surface area contributed by atoms with Crippen LogP contribution >= 0.6 is 0 Å². The fourth-order valence-corrected chi connectivity index (χ4v) is 1.17. The number of aliphatic hydroxyl groups is 1. The van der Waals surface area contributed by atoms with Crippen LogP contribution in [0.4, 0.5) is 10.1 Å². The lowest BCUT2D eigenvalue weighted by molar-refractivity contribution is 0.171. The van der Waals surface area contributed by atoms with Crippen molar-refractivity contribution in [1.29, 1.82) is 0 Å². The Kier molecular flexibility index (Phi) is 4.12. The van der Waals surface area contributed by atoms with Crippen LogP contribution in [-0.4, -0.2) is 25.4 Å². The number of benzene rings is 1. The summed E-state index contributed by atoms with van der Waals surface area (Å²) in [5, 5.41) is 12.1. The summed E-state index contributed by atoms with van der Waals surface area (Å²) >= 11 is 0. The van der Waals surface area contributed by atoms with Crippen LogP contribution in [0.25, 0.3) is 0 Å². The smallest absolute Gasteiger partial charge is 0.167 e. The minimum absolute atomic E-state index is 0.0820. The fraction of sp³-hybridized carbons (Fsp3) is 0.500. The standard InChI is InChI=1S/C12H18FNO2/c1-12(2,8-15)7-14-9-4-5-11(16-3)10(13)6-9/h4-6,14-15H,7-8H2,1-3H3. The predicted octanol–water partition coefficient (Wildman–Crippen LogP) is 2.26. The molecule has 0 aromatic heterocycles. The molecular formula is C12H18FNO2. The van der Waals surface area contributed by atoms with Crippen LogP contribution in [0.1, 0.15) is 13.8 Å². The Morgan fingerprint density at radius 2 is 2.12 bits per heavy atom. The van der Waals surface area contributed by atoms with Gasteiger partial charge < -0.3 is 15.2 Å². The normalized spacial score (nSPS) is 11.3. The molecular weight excluding hydrogens is 209 g/mol. The van der Waals surface area contributed by atoms with Crippen LogP contribution in [0.3, 0.4) is 0 Å². The van der Waals surface area contributed by atoms with Crippen molar-refractivity contribution in [2.45, 2.75) is 13.8 Å². The van der Waals surface area contributed by atoms with Crippen LogP contribution in [0.15, 0.2) is 18.2 Å². The van der Waals surface area contributed by atoms with Crippen LogP contribution in [0.2, 0.25) is 0 Å². The summed E-state index contributed by atoms with van der Waals surface area (Å²) < 4.78 is 18.2. The Labute approximate surface area is 95.2 Å². The molecule has 1 aromatic rings. The van der Waals surface area contributed by atoms with Gasteiger partial charge in [0.05, 0.1) is 7.11 Å². The highest BCUT2D eigenvalue weighted by Crippen LogP contribution is 2.22. The molecule has 16 heavy (non-hydrogen) atoms. The van der Waals surface area contributed by atoms with E-state index in [0.29, 0.717) is 12.2 Å². The van der Waals surface area contributed by atoms with Gasteiger partial charge in [0.2, 0.25) is 0 Å². The largest absolute Gasteiger partial charge is 0.494 e. The van der Waals surface area contributed by atoms with Gasteiger partial charge in [-0.1, -0.05) is 13.8 Å². The topological polar surface area (TPSA) is 41.5 Å². The first-order valence-electron chi connectivity index (χ1n) is 5.17. The van der Waals surface area contributed by atoms with Crippen molar-refractivity contribution >= 4 is 5.69 Å². The second-order valence-corrected chi connectivity index (χ2v) is 4.53. The number of aliphatic hydroxyl groups excluding tert-OH is 1. The number of rotatable bonds is 5. The van der Waals surface area contributed by atoms with E-state index >= 15 is 0 Å². The van der Waals surface area contributed by atoms with E-state index in [1.807, 2.05) is 13.8 Å². The van der Waals surface area contributed by atoms with Crippen molar-refractivity contribution in [3.8, 4) is 5.75 Å². The average molecular weight is 227 g/mol. The van der Waals surface area contributed by atoms with Crippen molar-refractivity contribution in [3.05, 3.63) is 24.0 Å². The highest BCUT2D eigenvalue weighted by Gasteiger charge is 2.16. The maximum Gasteiger partial charge on any atom is 0.167 e. The summed E-state index contributed by atoms with van der Waals surface area (Å²) in [5.74, 6) is -0.165. The fourth-order valence-electron chi connectivity index (χ4n) is 1.17. The van der Waals surface area contributed by atoms with Crippen LogP contribution in [0.5, 0.6) is 5.75 Å². The van der Waals surface area contributed by atoms with Crippen molar-refractivity contribution in [2.75, 3.05) is 25.6 Å². The van der Waals surface area contributed by atoms with E-state index in [1.54, 1.807) is 12.1 Å². The van der Waals surface area contributed by atoms with E-state index in [2.05, 4.69) is 5.32 Å². The molecule has 1 aromatic carbocycles. The molecule has 0 amide bonds. The highest BCUT2D eigenvalue weighted by molar-refractivity contribution is 5.47. The van der Waals surface area contributed by atoms with Crippen molar-refractivity contribution in [3.63, 3.8) is 0 Å². The van der Waals surface area contributed by atoms with Gasteiger partial charge in [-0.15, -0.1) is 0 Å². The van der Waals surface area contributed by atoms with Gasteiger partial charge in [0.25, 0.3) is 0 Å². The molecule has 2 N–H and O–H groups in total. The van der Waals surface area contributed by atoms with E-state index in [4.69, 9.17) is 9.84 Å². The zero-order valence-electron chi connectivity index (χ0n) is 9.88. The number of nitrogens with one attached hydrogen (secondary N) is 1. The summed E-state index contributed by atoms with van der Waals surface area (Å²) in [6, 6.07) is 4.70. The van der Waals surface area contributed by atoms with Gasteiger partial charge in [0, 0.05) is 30.3 Å². The molecule has 0 heterocycles. The Hall–Kier alpha value is -1.29. The van der Waals surface area contributed by atoms with Crippen LogP contribution in [0, 0.1) is 11.2 Å². The summed E-state index contributed by atoms with van der Waals surface area (Å²) in [6.07, 6.45) is 0. The molecule has 0 aliphatic carbocycles. The van der Waals surface area contributed by atoms with Gasteiger partial charge in [-0.3, -0.25) is 0 Å². The lowest BCUT2D eigenvalue weighted by atomic mass is 9.95. The second-order valence-electron chi connectivity index (χ2n) is 4.53. The quantitative estimate of drug-likeness (QED) is 0.810. The Morgan fingerprint density at radius 3 is 2.62 bits per heavy atom. The van der Waals surface area contributed by atoms with Gasteiger partial charge in [0.15, 0.2) is 11.6 Å². The Bertz CT molecular complexity index is 353. The van der Waals surface area contributed by atoms with E-state index in [-0.39, 0.29) is 17.8 Å². The zero-order chi connectivity index (χ0) is 12.2. The van der Waals surface area contributed by atoms with E-state index in [0.717, 1.165) is 0 Å². The first kappa shape index (κ1) is 12.8. The Morgan fingerprint density at radius 1 is 1.44 bits per heavy atom. The highest BCUT2D eigenvalue weighted by atomic mass is 19.1. The first-order valence-corrected chi connectivity index (χ1v) is 5.17. The zero-order valence-corrected chi connectivity index (χ0v) is 9.88. The minimum Gasteiger partial charge on any atom is -0.494 e. The van der Waals surface area contributed by atoms with Crippen molar-refractivity contribution < 1.29 is 14.2 Å². The number of halogens is 1. The van der Waals surface area contributed by atoms with E-state index in [9.17, 15) is 4.39 Å². The van der Waals surface area contributed by atoms with Crippen LogP contribution in [-0.2, 0) is 0 Å². The SMILES string of the molecule is COc1ccc(NCC(C)(C)CO)cc1F. The molecule has 0 bridgehead atoms. The molecule has 0 aliphatic rings. The number of hydrogen-bond donors (Lipinski definition) is 2. The number of ether oxygens (including phenoxy) is 1. The number of hydrogen-bond acceptors (Lipinski definition) is 3. The van der Waals surface area contributed by atoms with E-state index in [1.165, 1.54) is 13.2 Å². The molecule has 90 valence electrons. The predicted molar refractivity (Wildman–Crippen MR) is 62.3 cm³/mol. The second kappa shape index (κ2) is 5.16. The molecule has 0 saturated heterocycles. The molecule has 0 aliphatic heterocycles. The molecule has 4 heteroatoms. The molecule has 0 radical (unpaired) electrons. The van der Waals surface area contributed by atoms with Crippen LogP contribution < -0.4 is 10.1 Å². The monoisotopic (exact) mass is 227 g/mol. The third kappa shape index (κ3) is 3.38. The molecule has 1 rings (SSSR count). The third-order valence-corrected chi connectivity index (χ3v) is 2.35. The van der Waals surface area contributed by atoms with E-state index < -0.39 is 5.82 Å². The third-order valence-electron chi connectivity index (χ3n) is 2.35. The molecule has 0 unspecified atom stereocenters. The summed E-state index contributed by atoms with van der Waals surface area (Å²) in [4.78, 5) is 0. The molecule has 0 fully saturated rings. The van der Waals surface area contributed by atoms with Gasteiger partial charge in [-0.05, 0) is 12.1 Å². The molecule has 3 nitrogen and oxygen atoms in total. The van der Waals surface area contributed by atoms with Gasteiger partial charge in [-0.2, -0.15) is 0 Å². The summed E-state index contributed by atoms with van der Waals surface area (Å²) in [5.41, 5.74) is 0.455. The average Bonchev–Trinajstić information content (AvgIpc) is 2.27. The molecule has 0 atom stereocenters. The van der Waals surface area contributed by atoms with Gasteiger partial charge in [0.1, 0.15) is 0 Å². The number of anilines is 1. The van der Waals surface area contributed by atoms with Crippen molar-refractivity contribution in [1.82, 2.24) is 0 Å². The van der Waals surface area contributed by atoms with Gasteiger partial charge in [-0.25, -0.2) is 4.39 Å². The molecule has 0 saturated carbocycles. The summed E-state index contributed by atoms with van der Waals surface area (Å²) in [7, 11) is 1.43. The van der Waals surface area contributed by atoms with Crippen molar-refractivity contribution in [2.24, 2.45) is 5.41 Å². The molecule has 0 spiro atoms. The first-order chi connectivity index (χ1) is 7.48. The number of methoxy groups -OCH3 is 1. The maximum absolute atomic E-state index is 13.3. The summed E-state index contributed by atoms with van der Waals surface area (Å²) in [6.45, 7) is 4.52. The van der Waals surface area contributed by atoms with Gasteiger partial charge >= 0.3 is 0 Å². The minimum atomic E-state index is -0.394. The lowest BCUT2D eigenvalue weighted by Crippen LogP contribution is -2.26. The lowest BCUT2D eigenvalue weighted by Gasteiger charge is -2.22. The maximum atomic E-state index is 13.3.